The van der Waals surface area contributed by atoms with Gasteiger partial charge in [0.2, 0.25) is 0 Å². The van der Waals surface area contributed by atoms with Crippen molar-refractivity contribution >= 4 is 104 Å². The molecule has 0 N–H and O–H groups in total. The first kappa shape index (κ1) is 23.5. The summed E-state index contributed by atoms with van der Waals surface area (Å²) in [6, 6.07) is 0. The van der Waals surface area contributed by atoms with Crippen LogP contribution in [0.2, 0.25) is 0 Å². The first-order valence-corrected chi connectivity index (χ1v) is 54.9. The van der Waals surface area contributed by atoms with Gasteiger partial charge in [-0.05, 0) is 99.0 Å². The van der Waals surface area contributed by atoms with E-state index in [-0.39, 0.29) is 8.55 Å². The first-order valence-electron chi connectivity index (χ1n) is 9.16. The van der Waals surface area contributed by atoms with Gasteiger partial charge in [-0.3, -0.25) is 0 Å². The molecule has 0 atom stereocenters. The lowest BCUT2D eigenvalue weighted by Gasteiger charge is -2.28. The van der Waals surface area contributed by atoms with Crippen LogP contribution in [0.25, 0.3) is 0 Å². The third kappa shape index (κ3) is 13.4. The van der Waals surface area contributed by atoms with Crippen LogP contribution in [0, 0.1) is 0 Å². The summed E-state index contributed by atoms with van der Waals surface area (Å²) in [5, 5.41) is 0. The monoisotopic (exact) mass is 494 g/mol. The minimum absolute atomic E-state index is 0.0799. The molecular formula is C6H38O3Si12. The van der Waals surface area contributed by atoms with Gasteiger partial charge in [0.15, 0.2) is 0 Å². The molecule has 21 heavy (non-hydrogen) atoms. The third-order valence-corrected chi connectivity index (χ3v) is 198. The molecule has 3 nitrogen and oxygen atoms in total. The fourth-order valence-corrected chi connectivity index (χ4v) is 376. The standard InChI is InChI=1S/C6H38O3Si12/c1-4-7-21(8-5-2,9-6-3)20-19-18-17-16-15-14-13-12-11-10/h4-6,11-20H2,1-3,10H3. The highest BCUT2D eigenvalue weighted by Crippen LogP contribution is 2.07. The van der Waals surface area contributed by atoms with Crippen LogP contribution in [-0.4, -0.2) is 123 Å². The molecule has 0 aromatic heterocycles. The van der Waals surface area contributed by atoms with Crippen LogP contribution in [0.3, 0.4) is 0 Å². The van der Waals surface area contributed by atoms with Gasteiger partial charge in [0.25, 0.3) is 0 Å². The molecule has 0 saturated heterocycles. The summed E-state index contributed by atoms with van der Waals surface area (Å²) in [6.07, 6.45) is 0. The molecule has 128 valence electrons. The van der Waals surface area contributed by atoms with Crippen LogP contribution in [0.5, 0.6) is 0 Å². The number of hydrogen-bond acceptors (Lipinski definition) is 3. The van der Waals surface area contributed by atoms with E-state index in [1.807, 2.05) is 0 Å². The zero-order valence-electron chi connectivity index (χ0n) is 14.9. The van der Waals surface area contributed by atoms with E-state index in [2.05, 4.69) is 20.8 Å². The molecular weight excluding hydrogens is 457 g/mol. The largest absolute Gasteiger partial charge is 0.458 e. The second-order valence-electron chi connectivity index (χ2n) is 5.56. The Kier molecular flexibility index (Phi) is 19.4. The zero-order valence-corrected chi connectivity index (χ0v) is 32.1. The molecule has 0 saturated carbocycles. The fraction of sp³-hybridized carbons (Fsp3) is 1.00. The topological polar surface area (TPSA) is 27.7 Å². The maximum atomic E-state index is 6.06. The van der Waals surface area contributed by atoms with E-state index in [4.69, 9.17) is 13.3 Å². The Morgan fingerprint density at radius 1 is 0.667 bits per heavy atom. The molecule has 0 spiro atoms. The van der Waals surface area contributed by atoms with E-state index < -0.39 is 8.32 Å². The van der Waals surface area contributed by atoms with E-state index in [1.165, 1.54) is 0 Å². The summed E-state index contributed by atoms with van der Waals surface area (Å²) in [5.74, 6) is 0. The predicted molar refractivity (Wildman–Crippen MR) is 136 cm³/mol. The van der Waals surface area contributed by atoms with Crippen LogP contribution < -0.4 is 0 Å². The van der Waals surface area contributed by atoms with E-state index >= 15 is 0 Å². The molecule has 0 unspecified atom stereocenters. The Hall–Kier alpha value is 2.48. The predicted octanol–water partition coefficient (Wildman–Crippen LogP) is -9.27. The molecule has 0 amide bonds. The summed E-state index contributed by atoms with van der Waals surface area (Å²) in [5.41, 5.74) is 0. The molecule has 0 heterocycles. The number of rotatable bonds is 16. The van der Waals surface area contributed by atoms with Crippen molar-refractivity contribution in [1.82, 2.24) is 0 Å². The molecule has 0 rings (SSSR count). The highest BCUT2D eigenvalue weighted by molar-refractivity contribution is 7.71. The van der Waals surface area contributed by atoms with E-state index in [9.17, 15) is 0 Å². The van der Waals surface area contributed by atoms with Gasteiger partial charge in [-0.25, -0.2) is 0 Å². The molecule has 0 bridgehead atoms. The van der Waals surface area contributed by atoms with Crippen molar-refractivity contribution in [2.75, 3.05) is 19.8 Å². The quantitative estimate of drug-likeness (QED) is 0.157. The Balaban J connectivity index is 3.76. The Bertz CT molecular complexity index is 206. The van der Waals surface area contributed by atoms with Gasteiger partial charge >= 0.3 is 8.32 Å². The lowest BCUT2D eigenvalue weighted by atomic mass is 10.9. The Labute approximate surface area is 156 Å². The van der Waals surface area contributed by atoms with Crippen molar-refractivity contribution in [2.24, 2.45) is 0 Å². The van der Waals surface area contributed by atoms with E-state index in [0.717, 1.165) is 71.1 Å². The van der Waals surface area contributed by atoms with Gasteiger partial charge in [0, 0.05) is 28.4 Å². The van der Waals surface area contributed by atoms with Crippen molar-refractivity contribution < 1.29 is 13.3 Å². The first-order chi connectivity index (χ1) is 10.2. The SMILES string of the molecule is CCO[Si](OCC)(OCC)[SiH2][SiH2][SiH2][SiH2][SiH2][SiH2][SiH2][SiH2][SiH2][SiH2][SiH3]. The van der Waals surface area contributed by atoms with E-state index in [0.29, 0.717) is 25.7 Å². The van der Waals surface area contributed by atoms with Gasteiger partial charge in [0.05, 0.1) is 0 Å². The van der Waals surface area contributed by atoms with Crippen LogP contribution in [-0.2, 0) is 13.3 Å². The average molecular weight is 495 g/mol. The van der Waals surface area contributed by atoms with Gasteiger partial charge in [-0.15, -0.1) is 0 Å². The van der Waals surface area contributed by atoms with Crippen LogP contribution in [0.4, 0.5) is 0 Å². The van der Waals surface area contributed by atoms with Gasteiger partial charge in [-0.2, -0.15) is 0 Å². The molecule has 0 aliphatic carbocycles. The molecule has 15 heteroatoms. The van der Waals surface area contributed by atoms with Crippen LogP contribution >= 0.6 is 0 Å². The Morgan fingerprint density at radius 3 is 1.43 bits per heavy atom. The summed E-state index contributed by atoms with van der Waals surface area (Å²) < 4.78 is 18.2. The second kappa shape index (κ2) is 17.3. The van der Waals surface area contributed by atoms with Crippen molar-refractivity contribution in [1.29, 1.82) is 0 Å². The maximum absolute atomic E-state index is 6.06. The number of hydrogen-bond donors (Lipinski definition) is 0. The van der Waals surface area contributed by atoms with Crippen molar-refractivity contribution in [3.8, 4) is 0 Å². The van der Waals surface area contributed by atoms with Gasteiger partial charge in [0.1, 0.15) is 8.55 Å². The highest BCUT2D eigenvalue weighted by Gasteiger charge is 2.38. The summed E-state index contributed by atoms with van der Waals surface area (Å²) in [4.78, 5) is 0. The van der Waals surface area contributed by atoms with Gasteiger partial charge < -0.3 is 13.3 Å². The van der Waals surface area contributed by atoms with Crippen LogP contribution in [0.1, 0.15) is 20.8 Å². The maximum Gasteiger partial charge on any atom is 0.458 e. The molecule has 0 aromatic carbocycles. The summed E-state index contributed by atoms with van der Waals surface area (Å²) in [6.45, 7) is 8.74. The van der Waals surface area contributed by atoms with Gasteiger partial charge in [-0.1, -0.05) is 0 Å². The van der Waals surface area contributed by atoms with E-state index in [1.54, 1.807) is 9.76 Å². The second-order valence-corrected chi connectivity index (χ2v) is 103. The summed E-state index contributed by atoms with van der Waals surface area (Å²) >= 11 is 0. The van der Waals surface area contributed by atoms with Crippen molar-refractivity contribution in [2.45, 2.75) is 20.8 Å². The molecule has 0 aliphatic rings. The molecule has 0 radical (unpaired) electrons. The van der Waals surface area contributed by atoms with Crippen molar-refractivity contribution in [3.63, 3.8) is 0 Å². The fourth-order valence-electron chi connectivity index (χ4n) is 2.65. The lowest BCUT2D eigenvalue weighted by molar-refractivity contribution is 0.0936. The highest BCUT2D eigenvalue weighted by atomic mass is 30.0. The lowest BCUT2D eigenvalue weighted by Crippen LogP contribution is -2.55. The average Bonchev–Trinajstić information content (AvgIpc) is 2.46. The summed E-state index contributed by atoms with van der Waals surface area (Å²) in [7, 11) is 5.67. The smallest absolute Gasteiger partial charge is 0.377 e. The normalized spacial score (nSPS) is 17.9. The third-order valence-electron chi connectivity index (χ3n) is 3.68. The van der Waals surface area contributed by atoms with Crippen LogP contribution in [0.15, 0.2) is 0 Å². The molecule has 0 aromatic rings. The Morgan fingerprint density at radius 2 is 1.05 bits per heavy atom. The molecule has 0 fully saturated rings. The zero-order chi connectivity index (χ0) is 15.8. The van der Waals surface area contributed by atoms with Crippen molar-refractivity contribution in [3.05, 3.63) is 0 Å². The molecule has 0 aliphatic heterocycles. The minimum Gasteiger partial charge on any atom is -0.377 e. The minimum atomic E-state index is -2.07.